The molecular weight excluding hydrogens is 585 g/mol. The van der Waals surface area contributed by atoms with Gasteiger partial charge in [-0.1, -0.05) is 27.7 Å². The van der Waals surface area contributed by atoms with Crippen molar-refractivity contribution < 1.29 is 67.2 Å². The molecule has 2 heterocycles. The zero-order chi connectivity index (χ0) is 30.8. The van der Waals surface area contributed by atoms with Gasteiger partial charge in [-0.3, -0.25) is 0 Å². The maximum absolute atomic E-state index is 14.7. The minimum absolute atomic E-state index is 0.0156. The summed E-state index contributed by atoms with van der Waals surface area (Å²) in [7, 11) is 0. The molecule has 2 aromatic rings. The first-order valence-electron chi connectivity index (χ1n) is 12.1. The number of halogens is 11. The van der Waals surface area contributed by atoms with Crippen LogP contribution in [0.25, 0.3) is 0 Å². The van der Waals surface area contributed by atoms with E-state index >= 15 is 0 Å². The highest BCUT2D eigenvalue weighted by atomic mass is 19.4. The van der Waals surface area contributed by atoms with Crippen molar-refractivity contribution in [3.8, 4) is 11.5 Å². The Morgan fingerprint density at radius 2 is 1.02 bits per heavy atom. The summed E-state index contributed by atoms with van der Waals surface area (Å²) in [6, 6.07) is 0. The molecule has 0 saturated carbocycles. The van der Waals surface area contributed by atoms with Gasteiger partial charge in [-0.2, -0.15) is 30.7 Å². The van der Waals surface area contributed by atoms with Gasteiger partial charge < -0.3 is 18.9 Å². The van der Waals surface area contributed by atoms with E-state index in [1.165, 1.54) is 27.7 Å². The monoisotopic (exact) mass is 608 g/mol. The number of hydrogen-bond donors (Lipinski definition) is 0. The molecule has 4 nitrogen and oxygen atoms in total. The van der Waals surface area contributed by atoms with Crippen molar-refractivity contribution in [2.45, 2.75) is 58.6 Å². The highest BCUT2D eigenvalue weighted by molar-refractivity contribution is 5.38. The minimum Gasteiger partial charge on any atom is -0.487 e. The third kappa shape index (κ3) is 5.30. The fourth-order valence-electron chi connectivity index (χ4n) is 4.60. The van der Waals surface area contributed by atoms with Crippen LogP contribution >= 0.6 is 0 Å². The van der Waals surface area contributed by atoms with E-state index in [9.17, 15) is 48.3 Å². The smallest absolute Gasteiger partial charge is 0.425 e. The second-order valence-corrected chi connectivity index (χ2v) is 11.1. The van der Waals surface area contributed by atoms with E-state index in [1.54, 1.807) is 0 Å². The largest absolute Gasteiger partial charge is 0.487 e. The Hall–Kier alpha value is -2.81. The highest BCUT2D eigenvalue weighted by Crippen LogP contribution is 2.50. The molecule has 0 spiro atoms. The van der Waals surface area contributed by atoms with Crippen LogP contribution < -0.4 is 9.47 Å². The second-order valence-electron chi connectivity index (χ2n) is 11.1. The number of ether oxygens (including phenoxy) is 4. The second kappa shape index (κ2) is 10.5. The summed E-state index contributed by atoms with van der Waals surface area (Å²) in [5, 5.41) is 0. The lowest BCUT2D eigenvalue weighted by atomic mass is 9.78. The Morgan fingerprint density at radius 3 is 1.32 bits per heavy atom. The Balaban J connectivity index is 1.57. The van der Waals surface area contributed by atoms with Crippen LogP contribution in [0.1, 0.15) is 57.5 Å². The van der Waals surface area contributed by atoms with Gasteiger partial charge >= 0.3 is 6.18 Å². The lowest BCUT2D eigenvalue weighted by molar-refractivity contribution is -0.199. The molecule has 0 N–H and O–H groups in total. The first kappa shape index (κ1) is 31.1. The predicted octanol–water partition coefficient (Wildman–Crippen LogP) is 7.77. The van der Waals surface area contributed by atoms with Crippen molar-refractivity contribution in [2.24, 2.45) is 10.8 Å². The average molecular weight is 608 g/mol. The fraction of sp³-hybridized carbons (Fsp3) is 0.538. The molecule has 4 rings (SSSR count). The summed E-state index contributed by atoms with van der Waals surface area (Å²) in [6.07, 6.45) is -13.0. The molecule has 228 valence electrons. The first-order chi connectivity index (χ1) is 18.8. The van der Waals surface area contributed by atoms with Crippen molar-refractivity contribution in [2.75, 3.05) is 19.8 Å². The van der Waals surface area contributed by atoms with Crippen molar-refractivity contribution in [1.82, 2.24) is 0 Å². The van der Waals surface area contributed by atoms with Gasteiger partial charge in [-0.05, 0) is 0 Å². The van der Waals surface area contributed by atoms with Gasteiger partial charge in [-0.15, -0.1) is 0 Å². The van der Waals surface area contributed by atoms with E-state index in [1.807, 2.05) is 0 Å². The van der Waals surface area contributed by atoms with Crippen LogP contribution in [-0.4, -0.2) is 32.1 Å². The Labute approximate surface area is 226 Å². The normalized spacial score (nSPS) is 22.1. The van der Waals surface area contributed by atoms with Gasteiger partial charge in [0.15, 0.2) is 40.9 Å². The van der Waals surface area contributed by atoms with Gasteiger partial charge in [0.2, 0.25) is 23.3 Å². The van der Waals surface area contributed by atoms with E-state index in [0.29, 0.717) is 0 Å². The van der Waals surface area contributed by atoms with Crippen molar-refractivity contribution >= 4 is 0 Å². The first-order valence-corrected chi connectivity index (χ1v) is 12.1. The molecule has 2 aromatic carbocycles. The molecular formula is C26H23F11O4. The minimum atomic E-state index is -5.46. The van der Waals surface area contributed by atoms with Crippen LogP contribution in [0.5, 0.6) is 11.5 Å². The van der Waals surface area contributed by atoms with Crippen LogP contribution in [0, 0.1) is 57.4 Å². The molecule has 2 saturated heterocycles. The van der Waals surface area contributed by atoms with E-state index in [4.69, 9.17) is 9.47 Å². The summed E-state index contributed by atoms with van der Waals surface area (Å²) in [6.45, 7) is 4.61. The van der Waals surface area contributed by atoms with E-state index in [2.05, 4.69) is 9.47 Å². The molecule has 3 unspecified atom stereocenters. The maximum Gasteiger partial charge on any atom is 0.425 e. The molecule has 2 fully saturated rings. The zero-order valence-corrected chi connectivity index (χ0v) is 21.9. The number of alkyl halides is 3. The summed E-state index contributed by atoms with van der Waals surface area (Å²) < 4.78 is 177. The molecule has 41 heavy (non-hydrogen) atoms. The highest BCUT2D eigenvalue weighted by Gasteiger charge is 2.49. The van der Waals surface area contributed by atoms with Gasteiger partial charge in [0, 0.05) is 17.3 Å². The topological polar surface area (TPSA) is 36.9 Å². The number of benzene rings is 2. The molecule has 0 aromatic heterocycles. The molecule has 0 radical (unpaired) electrons. The van der Waals surface area contributed by atoms with Crippen LogP contribution in [0.15, 0.2) is 0 Å². The fourth-order valence-corrected chi connectivity index (χ4v) is 4.60. The van der Waals surface area contributed by atoms with Gasteiger partial charge in [0.25, 0.3) is 0 Å². The van der Waals surface area contributed by atoms with E-state index in [-0.39, 0.29) is 13.2 Å². The summed E-state index contributed by atoms with van der Waals surface area (Å²) >= 11 is 0. The predicted molar refractivity (Wildman–Crippen MR) is 118 cm³/mol. The third-order valence-electron chi connectivity index (χ3n) is 6.95. The Bertz CT molecular complexity index is 1300. The third-order valence-corrected chi connectivity index (χ3v) is 6.95. The molecule has 0 amide bonds. The molecule has 3 atom stereocenters. The lowest BCUT2D eigenvalue weighted by Gasteiger charge is -2.44. The molecule has 2 aliphatic rings. The quantitative estimate of drug-likeness (QED) is 0.227. The zero-order valence-electron chi connectivity index (χ0n) is 21.9. The van der Waals surface area contributed by atoms with Crippen molar-refractivity contribution in [1.29, 1.82) is 0 Å². The SMILES string of the molecule is CC1(C)COC1c1c(F)c(F)c(OCCC(Oc2c(F)c(F)c(C3OCC3(C)C)c(F)c2F)C(F)(F)F)c(F)c1F. The maximum atomic E-state index is 14.7. The van der Waals surface area contributed by atoms with Crippen LogP contribution in [0.2, 0.25) is 0 Å². The summed E-state index contributed by atoms with van der Waals surface area (Å²) in [5.74, 6) is -20.3. The van der Waals surface area contributed by atoms with Crippen molar-refractivity contribution in [3.63, 3.8) is 0 Å². The van der Waals surface area contributed by atoms with Gasteiger partial charge in [-0.25, -0.2) is 17.6 Å². The number of rotatable bonds is 8. The lowest BCUT2D eigenvalue weighted by Crippen LogP contribution is -2.42. The molecule has 15 heteroatoms. The summed E-state index contributed by atoms with van der Waals surface area (Å²) in [4.78, 5) is 0. The standard InChI is InChI=1S/C26H23F11O4/c1-24(2)7-39-22(24)10-12(27)16(31)20(17(32)13(10)28)38-6-5-9(26(35,36)37)41-21-18(33)14(29)11(15(30)19(21)34)23-25(3,4)8-40-23/h9,22-23H,5-8H2,1-4H3. The van der Waals surface area contributed by atoms with Crippen LogP contribution in [-0.2, 0) is 9.47 Å². The van der Waals surface area contributed by atoms with E-state index in [0.717, 1.165) is 0 Å². The van der Waals surface area contributed by atoms with Gasteiger partial charge in [0.1, 0.15) is 0 Å². The molecule has 0 bridgehead atoms. The molecule has 2 aliphatic heterocycles. The van der Waals surface area contributed by atoms with Gasteiger partial charge in [0.05, 0.1) is 43.2 Å². The van der Waals surface area contributed by atoms with Crippen LogP contribution in [0.3, 0.4) is 0 Å². The van der Waals surface area contributed by atoms with E-state index < -0.39 is 118 Å². The van der Waals surface area contributed by atoms with Crippen LogP contribution in [0.4, 0.5) is 48.3 Å². The molecule has 0 aliphatic carbocycles. The van der Waals surface area contributed by atoms with Crippen molar-refractivity contribution in [3.05, 3.63) is 57.7 Å². The Kier molecular flexibility index (Phi) is 7.95. The summed E-state index contributed by atoms with van der Waals surface area (Å²) in [5.41, 5.74) is -4.08. The number of hydrogen-bond acceptors (Lipinski definition) is 4. The Morgan fingerprint density at radius 1 is 0.659 bits per heavy atom. The average Bonchev–Trinajstić information content (AvgIpc) is 2.87.